The summed E-state index contributed by atoms with van der Waals surface area (Å²) in [6.45, 7) is 4.91. The van der Waals surface area contributed by atoms with Crippen molar-refractivity contribution in [2.75, 3.05) is 0 Å². The molecule has 0 aromatic heterocycles. The van der Waals surface area contributed by atoms with Crippen LogP contribution in [0.2, 0.25) is 0 Å². The van der Waals surface area contributed by atoms with E-state index in [0.29, 0.717) is 0 Å². The van der Waals surface area contributed by atoms with Crippen molar-refractivity contribution in [2.24, 2.45) is 0 Å². The summed E-state index contributed by atoms with van der Waals surface area (Å²) < 4.78 is 11.7. The van der Waals surface area contributed by atoms with E-state index < -0.39 is 5.83 Å². The Hall–Kier alpha value is -0.850. The molecule has 0 aliphatic heterocycles. The average molecular weight is 112 g/mol. The molecule has 0 saturated heterocycles. The fourth-order valence-electron chi connectivity index (χ4n) is 0.271. The van der Waals surface area contributed by atoms with Gasteiger partial charge in [0.1, 0.15) is 5.83 Å². The normalized spacial score (nSPS) is 11.2. The molecule has 0 amide bonds. The highest BCUT2D eigenvalue weighted by Gasteiger charge is 1.72. The zero-order valence-electron chi connectivity index (χ0n) is 4.89. The van der Waals surface area contributed by atoms with Crippen molar-refractivity contribution in [3.8, 4) is 0 Å². The minimum Gasteiger partial charge on any atom is -0.208 e. The van der Waals surface area contributed by atoms with Gasteiger partial charge >= 0.3 is 0 Å². The molecule has 0 saturated carbocycles. The lowest BCUT2D eigenvalue weighted by Crippen LogP contribution is -1.54. The summed E-state index contributed by atoms with van der Waals surface area (Å²) >= 11 is 0. The molecular weight excluding hydrogens is 103 g/mol. The maximum atomic E-state index is 11.7. The van der Waals surface area contributed by atoms with Crippen molar-refractivity contribution in [1.29, 1.82) is 0 Å². The van der Waals surface area contributed by atoms with Crippen LogP contribution < -0.4 is 0 Å². The summed E-state index contributed by atoms with van der Waals surface area (Å²) in [5.74, 6) is -0.414. The van der Waals surface area contributed by atoms with Gasteiger partial charge in [-0.05, 0) is 13.0 Å². The third-order valence-corrected chi connectivity index (χ3v) is 0.581. The second kappa shape index (κ2) is 4.31. The Balaban J connectivity index is 3.50. The standard InChI is InChI=1S/C7H9F/c1-3-4-5-6-7(2)8/h3-6H,2H2,1H3/b4-3-,6-5-. The number of halogens is 1. The number of hydrogen-bond acceptors (Lipinski definition) is 0. The minimum absolute atomic E-state index is 0.414. The van der Waals surface area contributed by atoms with Crippen molar-refractivity contribution in [2.45, 2.75) is 6.92 Å². The molecule has 0 aliphatic carbocycles. The third kappa shape index (κ3) is 5.15. The first-order valence-electron chi connectivity index (χ1n) is 2.41. The van der Waals surface area contributed by atoms with Crippen LogP contribution in [0.15, 0.2) is 36.7 Å². The molecule has 0 heterocycles. The maximum absolute atomic E-state index is 11.7. The lowest BCUT2D eigenvalue weighted by Gasteiger charge is -1.73. The van der Waals surface area contributed by atoms with E-state index in [1.165, 1.54) is 6.08 Å². The van der Waals surface area contributed by atoms with Crippen molar-refractivity contribution >= 4 is 0 Å². The second-order valence-corrected chi connectivity index (χ2v) is 1.33. The Bertz CT molecular complexity index is 120. The van der Waals surface area contributed by atoms with E-state index in [0.717, 1.165) is 0 Å². The summed E-state index contributed by atoms with van der Waals surface area (Å²) in [6.07, 6.45) is 6.46. The first-order valence-corrected chi connectivity index (χ1v) is 2.41. The van der Waals surface area contributed by atoms with E-state index in [2.05, 4.69) is 6.58 Å². The smallest absolute Gasteiger partial charge is 0.116 e. The van der Waals surface area contributed by atoms with Crippen LogP contribution in [0, 0.1) is 0 Å². The van der Waals surface area contributed by atoms with Crippen LogP contribution in [-0.2, 0) is 0 Å². The molecule has 0 aromatic carbocycles. The van der Waals surface area contributed by atoms with Crippen LogP contribution in [0.25, 0.3) is 0 Å². The van der Waals surface area contributed by atoms with Gasteiger partial charge in [0.05, 0.1) is 0 Å². The highest BCUT2D eigenvalue weighted by Crippen LogP contribution is 1.91. The van der Waals surface area contributed by atoms with Gasteiger partial charge in [-0.25, -0.2) is 4.39 Å². The first kappa shape index (κ1) is 7.15. The molecule has 0 aromatic rings. The van der Waals surface area contributed by atoms with E-state index in [4.69, 9.17) is 0 Å². The van der Waals surface area contributed by atoms with Crippen LogP contribution >= 0.6 is 0 Å². The van der Waals surface area contributed by atoms with Gasteiger partial charge in [0.2, 0.25) is 0 Å². The summed E-state index contributed by atoms with van der Waals surface area (Å²) in [5, 5.41) is 0. The largest absolute Gasteiger partial charge is 0.208 e. The summed E-state index contributed by atoms with van der Waals surface area (Å²) in [7, 11) is 0. The van der Waals surface area contributed by atoms with Crippen LogP contribution in [0.3, 0.4) is 0 Å². The molecule has 0 N–H and O–H groups in total. The molecule has 0 spiro atoms. The monoisotopic (exact) mass is 112 g/mol. The van der Waals surface area contributed by atoms with Crippen LogP contribution in [0.1, 0.15) is 6.92 Å². The molecule has 44 valence electrons. The van der Waals surface area contributed by atoms with E-state index >= 15 is 0 Å². The first-order chi connectivity index (χ1) is 3.77. The molecule has 0 radical (unpaired) electrons. The molecule has 0 nitrogen and oxygen atoms in total. The molecule has 0 bridgehead atoms. The highest BCUT2D eigenvalue weighted by atomic mass is 19.1. The van der Waals surface area contributed by atoms with Crippen molar-refractivity contribution < 1.29 is 4.39 Å². The van der Waals surface area contributed by atoms with Crippen LogP contribution in [-0.4, -0.2) is 0 Å². The molecule has 0 atom stereocenters. The van der Waals surface area contributed by atoms with Gasteiger partial charge in [-0.15, -0.1) is 0 Å². The fourth-order valence-corrected chi connectivity index (χ4v) is 0.271. The van der Waals surface area contributed by atoms with Gasteiger partial charge in [-0.1, -0.05) is 24.8 Å². The Morgan fingerprint density at radius 1 is 1.50 bits per heavy atom. The highest BCUT2D eigenvalue weighted by molar-refractivity contribution is 5.12. The number of hydrogen-bond donors (Lipinski definition) is 0. The quantitative estimate of drug-likeness (QED) is 0.481. The topological polar surface area (TPSA) is 0 Å². The third-order valence-electron chi connectivity index (χ3n) is 0.581. The number of allylic oxidation sites excluding steroid dienone is 5. The zero-order valence-corrected chi connectivity index (χ0v) is 4.89. The molecule has 0 aliphatic rings. The maximum Gasteiger partial charge on any atom is 0.116 e. The average Bonchev–Trinajstić information content (AvgIpc) is 1.66. The zero-order chi connectivity index (χ0) is 6.41. The lowest BCUT2D eigenvalue weighted by molar-refractivity contribution is 0.671. The number of rotatable bonds is 2. The summed E-state index contributed by atoms with van der Waals surface area (Å²) in [5.41, 5.74) is 0. The fraction of sp³-hybridized carbons (Fsp3) is 0.143. The second-order valence-electron chi connectivity index (χ2n) is 1.33. The van der Waals surface area contributed by atoms with Gasteiger partial charge in [0.25, 0.3) is 0 Å². The van der Waals surface area contributed by atoms with Gasteiger partial charge in [0.15, 0.2) is 0 Å². The predicted octanol–water partition coefficient (Wildman–Crippen LogP) is 2.60. The van der Waals surface area contributed by atoms with Gasteiger partial charge < -0.3 is 0 Å². The molecule has 0 rings (SSSR count). The van der Waals surface area contributed by atoms with Crippen molar-refractivity contribution in [1.82, 2.24) is 0 Å². The van der Waals surface area contributed by atoms with Crippen LogP contribution in [0.5, 0.6) is 0 Å². The SMILES string of the molecule is C=C(F)/C=C\C=C/C. The van der Waals surface area contributed by atoms with Gasteiger partial charge in [0, 0.05) is 0 Å². The lowest BCUT2D eigenvalue weighted by atomic mass is 10.4. The van der Waals surface area contributed by atoms with Crippen LogP contribution in [0.4, 0.5) is 4.39 Å². The van der Waals surface area contributed by atoms with Crippen molar-refractivity contribution in [3.05, 3.63) is 36.7 Å². The molecule has 1 heteroatoms. The summed E-state index contributed by atoms with van der Waals surface area (Å²) in [6, 6.07) is 0. The molecule has 0 fully saturated rings. The van der Waals surface area contributed by atoms with E-state index in [9.17, 15) is 4.39 Å². The Morgan fingerprint density at radius 3 is 2.50 bits per heavy atom. The Labute approximate surface area is 49.0 Å². The van der Waals surface area contributed by atoms with E-state index in [-0.39, 0.29) is 0 Å². The van der Waals surface area contributed by atoms with E-state index in [1.807, 2.05) is 13.0 Å². The predicted molar refractivity (Wildman–Crippen MR) is 34.2 cm³/mol. The molecule has 0 unspecified atom stereocenters. The minimum atomic E-state index is -0.414. The Morgan fingerprint density at radius 2 is 2.12 bits per heavy atom. The van der Waals surface area contributed by atoms with Crippen molar-refractivity contribution in [3.63, 3.8) is 0 Å². The van der Waals surface area contributed by atoms with E-state index in [1.54, 1.807) is 12.2 Å². The molecule has 8 heavy (non-hydrogen) atoms. The molecular formula is C7H9F. The van der Waals surface area contributed by atoms with Gasteiger partial charge in [-0.3, -0.25) is 0 Å². The Kier molecular flexibility index (Phi) is 3.85. The summed E-state index contributed by atoms with van der Waals surface area (Å²) in [4.78, 5) is 0. The van der Waals surface area contributed by atoms with Gasteiger partial charge in [-0.2, -0.15) is 0 Å².